The standard InChI is InChI=1S/C15H13N5/c1-10-2-7-13-14(18-10)20(15(17)19-13)9-12-5-3-11(8-16)4-6-12/h2-7H,9H2,1H3,(H2,17,19). The third-order valence-electron chi connectivity index (χ3n) is 3.18. The van der Waals surface area contributed by atoms with Gasteiger partial charge in [0.1, 0.15) is 5.52 Å². The van der Waals surface area contributed by atoms with Gasteiger partial charge in [-0.15, -0.1) is 0 Å². The predicted molar refractivity (Wildman–Crippen MR) is 76.9 cm³/mol. The number of pyridine rings is 1. The topological polar surface area (TPSA) is 80.5 Å². The van der Waals surface area contributed by atoms with Crippen molar-refractivity contribution in [3.05, 3.63) is 53.2 Å². The van der Waals surface area contributed by atoms with Gasteiger partial charge in [-0.3, -0.25) is 4.57 Å². The van der Waals surface area contributed by atoms with E-state index in [0.29, 0.717) is 18.1 Å². The van der Waals surface area contributed by atoms with Gasteiger partial charge in [-0.05, 0) is 36.8 Å². The van der Waals surface area contributed by atoms with Crippen LogP contribution >= 0.6 is 0 Å². The first-order valence-corrected chi connectivity index (χ1v) is 6.26. The summed E-state index contributed by atoms with van der Waals surface area (Å²) < 4.78 is 1.88. The highest BCUT2D eigenvalue weighted by molar-refractivity contribution is 5.74. The van der Waals surface area contributed by atoms with Crippen molar-refractivity contribution in [2.24, 2.45) is 0 Å². The number of nitriles is 1. The van der Waals surface area contributed by atoms with Crippen molar-refractivity contribution in [3.63, 3.8) is 0 Å². The first-order chi connectivity index (χ1) is 9.67. The Labute approximate surface area is 116 Å². The van der Waals surface area contributed by atoms with Crippen molar-refractivity contribution < 1.29 is 0 Å². The fourth-order valence-electron chi connectivity index (χ4n) is 2.14. The number of nitrogens with two attached hydrogens (primary N) is 1. The molecule has 20 heavy (non-hydrogen) atoms. The zero-order chi connectivity index (χ0) is 14.1. The first kappa shape index (κ1) is 12.2. The molecule has 0 aliphatic rings. The summed E-state index contributed by atoms with van der Waals surface area (Å²) in [6, 6.07) is 13.4. The second-order valence-corrected chi connectivity index (χ2v) is 4.66. The number of fused-ring (bicyclic) bond motifs is 1. The van der Waals surface area contributed by atoms with Crippen LogP contribution < -0.4 is 5.73 Å². The monoisotopic (exact) mass is 263 g/mol. The molecule has 0 radical (unpaired) electrons. The van der Waals surface area contributed by atoms with Gasteiger partial charge in [0.2, 0.25) is 5.95 Å². The van der Waals surface area contributed by atoms with Crippen LogP contribution in [-0.2, 0) is 6.54 Å². The van der Waals surface area contributed by atoms with Crippen molar-refractivity contribution in [3.8, 4) is 6.07 Å². The largest absolute Gasteiger partial charge is 0.369 e. The van der Waals surface area contributed by atoms with Crippen LogP contribution in [0.25, 0.3) is 11.2 Å². The lowest BCUT2D eigenvalue weighted by molar-refractivity contribution is 0.826. The number of imidazole rings is 1. The van der Waals surface area contributed by atoms with E-state index >= 15 is 0 Å². The van der Waals surface area contributed by atoms with Gasteiger partial charge >= 0.3 is 0 Å². The molecule has 0 saturated carbocycles. The molecular weight excluding hydrogens is 250 g/mol. The van der Waals surface area contributed by atoms with E-state index in [1.54, 1.807) is 12.1 Å². The zero-order valence-corrected chi connectivity index (χ0v) is 11.0. The number of aromatic nitrogens is 3. The third kappa shape index (κ3) is 2.08. The van der Waals surface area contributed by atoms with Gasteiger partial charge in [0.25, 0.3) is 0 Å². The Morgan fingerprint density at radius 3 is 2.60 bits per heavy atom. The molecule has 0 unspecified atom stereocenters. The lowest BCUT2D eigenvalue weighted by atomic mass is 10.1. The lowest BCUT2D eigenvalue weighted by Crippen LogP contribution is -2.05. The lowest BCUT2D eigenvalue weighted by Gasteiger charge is -2.06. The number of aryl methyl sites for hydroxylation is 1. The maximum atomic E-state index is 8.81. The van der Waals surface area contributed by atoms with Gasteiger partial charge in [0.15, 0.2) is 5.65 Å². The number of benzene rings is 1. The van der Waals surface area contributed by atoms with Crippen LogP contribution in [0.3, 0.4) is 0 Å². The van der Waals surface area contributed by atoms with Crippen molar-refractivity contribution in [2.45, 2.75) is 13.5 Å². The fourth-order valence-corrected chi connectivity index (χ4v) is 2.14. The maximum Gasteiger partial charge on any atom is 0.202 e. The van der Waals surface area contributed by atoms with Crippen molar-refractivity contribution >= 4 is 17.1 Å². The minimum absolute atomic E-state index is 0.447. The van der Waals surface area contributed by atoms with Gasteiger partial charge in [-0.2, -0.15) is 5.26 Å². The first-order valence-electron chi connectivity index (χ1n) is 6.26. The van der Waals surface area contributed by atoms with Crippen molar-refractivity contribution in [2.75, 3.05) is 5.73 Å². The smallest absolute Gasteiger partial charge is 0.202 e. The molecule has 5 heteroatoms. The molecule has 2 heterocycles. The quantitative estimate of drug-likeness (QED) is 0.768. The highest BCUT2D eigenvalue weighted by Gasteiger charge is 2.10. The van der Waals surface area contributed by atoms with E-state index in [-0.39, 0.29) is 0 Å². The molecule has 98 valence electrons. The maximum absolute atomic E-state index is 8.81. The molecule has 3 aromatic rings. The van der Waals surface area contributed by atoms with E-state index in [4.69, 9.17) is 11.0 Å². The number of nitrogens with zero attached hydrogens (tertiary/aromatic N) is 4. The van der Waals surface area contributed by atoms with E-state index in [1.165, 1.54) is 0 Å². The Bertz CT molecular complexity index is 809. The van der Waals surface area contributed by atoms with E-state index in [9.17, 15) is 0 Å². The molecule has 0 aliphatic carbocycles. The second kappa shape index (κ2) is 4.67. The number of hydrogen-bond donors (Lipinski definition) is 1. The van der Waals surface area contributed by atoms with Gasteiger partial charge < -0.3 is 5.73 Å². The highest BCUT2D eigenvalue weighted by atomic mass is 15.2. The Morgan fingerprint density at radius 2 is 1.90 bits per heavy atom. The van der Waals surface area contributed by atoms with Crippen LogP contribution in [0.1, 0.15) is 16.8 Å². The van der Waals surface area contributed by atoms with Gasteiger partial charge in [-0.25, -0.2) is 9.97 Å². The van der Waals surface area contributed by atoms with E-state index in [0.717, 1.165) is 22.4 Å². The van der Waals surface area contributed by atoms with Gasteiger partial charge in [0, 0.05) is 5.69 Å². The Morgan fingerprint density at radius 1 is 1.15 bits per heavy atom. The minimum atomic E-state index is 0.447. The number of rotatable bonds is 2. The average Bonchev–Trinajstić information content (AvgIpc) is 2.76. The minimum Gasteiger partial charge on any atom is -0.369 e. The van der Waals surface area contributed by atoms with Crippen LogP contribution in [0.5, 0.6) is 0 Å². The molecule has 0 bridgehead atoms. The SMILES string of the molecule is Cc1ccc2nc(N)n(Cc3ccc(C#N)cc3)c2n1. The molecule has 0 amide bonds. The molecular formula is C15H13N5. The molecule has 3 rings (SSSR count). The van der Waals surface area contributed by atoms with E-state index in [2.05, 4.69) is 16.0 Å². The summed E-state index contributed by atoms with van der Waals surface area (Å²) in [5.41, 5.74) is 10.2. The molecule has 0 aliphatic heterocycles. The fraction of sp³-hybridized carbons (Fsp3) is 0.133. The van der Waals surface area contributed by atoms with Crippen LogP contribution in [-0.4, -0.2) is 14.5 Å². The highest BCUT2D eigenvalue weighted by Crippen LogP contribution is 2.18. The van der Waals surface area contributed by atoms with Gasteiger partial charge in [-0.1, -0.05) is 12.1 Å². The van der Waals surface area contributed by atoms with Crippen LogP contribution in [0.15, 0.2) is 36.4 Å². The van der Waals surface area contributed by atoms with Crippen molar-refractivity contribution in [1.82, 2.24) is 14.5 Å². The van der Waals surface area contributed by atoms with E-state index < -0.39 is 0 Å². The molecule has 0 spiro atoms. The third-order valence-corrected chi connectivity index (χ3v) is 3.18. The average molecular weight is 263 g/mol. The number of nitrogen functional groups attached to an aromatic ring is 1. The van der Waals surface area contributed by atoms with Gasteiger partial charge in [0.05, 0.1) is 18.2 Å². The normalized spacial score (nSPS) is 10.6. The predicted octanol–water partition coefficient (Wildman–Crippen LogP) is 2.24. The van der Waals surface area contributed by atoms with E-state index in [1.807, 2.05) is 35.8 Å². The summed E-state index contributed by atoms with van der Waals surface area (Å²) in [6.45, 7) is 2.53. The summed E-state index contributed by atoms with van der Waals surface area (Å²) >= 11 is 0. The van der Waals surface area contributed by atoms with Crippen LogP contribution in [0.4, 0.5) is 5.95 Å². The number of hydrogen-bond acceptors (Lipinski definition) is 4. The van der Waals surface area contributed by atoms with Crippen molar-refractivity contribution in [1.29, 1.82) is 5.26 Å². The summed E-state index contributed by atoms with van der Waals surface area (Å²) in [4.78, 5) is 8.80. The zero-order valence-electron chi connectivity index (χ0n) is 11.0. The Balaban J connectivity index is 2.03. The molecule has 2 aromatic heterocycles. The van der Waals surface area contributed by atoms with Crippen LogP contribution in [0, 0.1) is 18.3 Å². The summed E-state index contributed by atoms with van der Waals surface area (Å²) in [6.07, 6.45) is 0. The second-order valence-electron chi connectivity index (χ2n) is 4.66. The number of anilines is 1. The molecule has 0 atom stereocenters. The Kier molecular flexibility index (Phi) is 2.84. The summed E-state index contributed by atoms with van der Waals surface area (Å²) in [5, 5.41) is 8.81. The molecule has 5 nitrogen and oxygen atoms in total. The van der Waals surface area contributed by atoms with Crippen LogP contribution in [0.2, 0.25) is 0 Å². The molecule has 1 aromatic carbocycles. The molecule has 0 fully saturated rings. The molecule has 2 N–H and O–H groups in total. The Hall–Kier alpha value is -2.87. The summed E-state index contributed by atoms with van der Waals surface area (Å²) in [5.74, 6) is 0.447. The summed E-state index contributed by atoms with van der Waals surface area (Å²) in [7, 11) is 0. The molecule has 0 saturated heterocycles.